The van der Waals surface area contributed by atoms with Crippen LogP contribution < -0.4 is 5.32 Å². The first-order valence-corrected chi connectivity index (χ1v) is 7.44. The van der Waals surface area contributed by atoms with Crippen molar-refractivity contribution in [3.63, 3.8) is 0 Å². The van der Waals surface area contributed by atoms with Gasteiger partial charge >= 0.3 is 0 Å². The average molecular weight is 291 g/mol. The molecule has 0 spiro atoms. The van der Waals surface area contributed by atoms with Crippen LogP contribution in [0.5, 0.6) is 0 Å². The minimum atomic E-state index is 0.546. The minimum absolute atomic E-state index is 0.546. The maximum atomic E-state index is 5.72. The van der Waals surface area contributed by atoms with Gasteiger partial charge in [-0.1, -0.05) is 26.0 Å². The zero-order chi connectivity index (χ0) is 14.4. The van der Waals surface area contributed by atoms with E-state index in [1.54, 1.807) is 0 Å². The number of benzene rings is 1. The van der Waals surface area contributed by atoms with Crippen molar-refractivity contribution in [3.8, 4) is 0 Å². The average Bonchev–Trinajstić information content (AvgIpc) is 2.49. The number of anilines is 2. The molecule has 2 rings (SSSR count). The van der Waals surface area contributed by atoms with Gasteiger partial charge in [0.05, 0.1) is 11.4 Å². The Morgan fingerprint density at radius 1 is 1.00 bits per heavy atom. The molecule has 20 heavy (non-hydrogen) atoms. The molecule has 0 radical (unpaired) electrons. The Balaban J connectivity index is 2.13. The van der Waals surface area contributed by atoms with Crippen LogP contribution in [0.15, 0.2) is 24.3 Å². The molecular formula is C15H19ClN4. The van der Waals surface area contributed by atoms with Gasteiger partial charge in [0, 0.05) is 11.6 Å². The minimum Gasteiger partial charge on any atom is -0.323 e. The topological polar surface area (TPSA) is 50.7 Å². The third kappa shape index (κ3) is 3.67. The number of nitrogens with zero attached hydrogens (tertiary/aromatic N) is 3. The molecule has 1 aromatic carbocycles. The molecule has 0 saturated heterocycles. The molecule has 2 aromatic rings. The van der Waals surface area contributed by atoms with E-state index in [1.165, 1.54) is 5.56 Å². The summed E-state index contributed by atoms with van der Waals surface area (Å²) >= 11 is 5.72. The molecule has 5 heteroatoms. The van der Waals surface area contributed by atoms with Gasteiger partial charge in [-0.3, -0.25) is 0 Å². The predicted molar refractivity (Wildman–Crippen MR) is 82.7 cm³/mol. The fraction of sp³-hybridized carbons (Fsp3) is 0.400. The maximum Gasteiger partial charge on any atom is 0.247 e. The van der Waals surface area contributed by atoms with E-state index in [0.29, 0.717) is 11.8 Å². The Morgan fingerprint density at radius 2 is 1.70 bits per heavy atom. The summed E-state index contributed by atoms with van der Waals surface area (Å²) in [6, 6.07) is 8.12. The van der Waals surface area contributed by atoms with E-state index in [9.17, 15) is 0 Å². The fourth-order valence-corrected chi connectivity index (χ4v) is 2.20. The highest BCUT2D eigenvalue weighted by molar-refractivity contribution is 6.17. The van der Waals surface area contributed by atoms with Crippen molar-refractivity contribution in [3.05, 3.63) is 41.2 Å². The summed E-state index contributed by atoms with van der Waals surface area (Å²) in [5.74, 6) is 1.18. The van der Waals surface area contributed by atoms with Gasteiger partial charge in [-0.05, 0) is 37.0 Å². The largest absolute Gasteiger partial charge is 0.323 e. The maximum absolute atomic E-state index is 5.72. The van der Waals surface area contributed by atoms with E-state index in [4.69, 9.17) is 11.6 Å². The highest BCUT2D eigenvalue weighted by Crippen LogP contribution is 2.15. The van der Waals surface area contributed by atoms with Gasteiger partial charge in [-0.25, -0.2) is 4.98 Å². The molecule has 0 aliphatic heterocycles. The van der Waals surface area contributed by atoms with Gasteiger partial charge in [0.25, 0.3) is 0 Å². The SMILES string of the molecule is CCc1nnc(Nc2ccc(CCCl)cc2)nc1CC. The fourth-order valence-electron chi connectivity index (χ4n) is 1.98. The Bertz CT molecular complexity index is 554. The first kappa shape index (κ1) is 14.7. The smallest absolute Gasteiger partial charge is 0.247 e. The van der Waals surface area contributed by atoms with Crippen molar-refractivity contribution in [2.45, 2.75) is 33.1 Å². The van der Waals surface area contributed by atoms with Crippen LogP contribution in [-0.2, 0) is 19.3 Å². The van der Waals surface area contributed by atoms with Gasteiger partial charge in [0.15, 0.2) is 0 Å². The number of rotatable bonds is 6. The van der Waals surface area contributed by atoms with Crippen molar-refractivity contribution in [2.24, 2.45) is 0 Å². The summed E-state index contributed by atoms with van der Waals surface area (Å²) < 4.78 is 0. The summed E-state index contributed by atoms with van der Waals surface area (Å²) in [7, 11) is 0. The third-order valence-corrected chi connectivity index (χ3v) is 3.29. The third-order valence-electron chi connectivity index (χ3n) is 3.10. The molecule has 106 valence electrons. The van der Waals surface area contributed by atoms with Crippen molar-refractivity contribution < 1.29 is 0 Å². The number of aryl methyl sites for hydroxylation is 3. The van der Waals surface area contributed by atoms with E-state index in [-0.39, 0.29) is 0 Å². The summed E-state index contributed by atoms with van der Waals surface area (Å²) in [6.07, 6.45) is 2.60. The first-order valence-electron chi connectivity index (χ1n) is 6.91. The Hall–Kier alpha value is -1.68. The second kappa shape index (κ2) is 7.20. The molecular weight excluding hydrogens is 272 g/mol. The molecule has 0 unspecified atom stereocenters. The summed E-state index contributed by atoms with van der Waals surface area (Å²) in [5, 5.41) is 11.5. The quantitative estimate of drug-likeness (QED) is 0.827. The zero-order valence-electron chi connectivity index (χ0n) is 11.9. The van der Waals surface area contributed by atoms with Crippen molar-refractivity contribution in [1.82, 2.24) is 15.2 Å². The van der Waals surface area contributed by atoms with Crippen LogP contribution in [-0.4, -0.2) is 21.1 Å². The van der Waals surface area contributed by atoms with Gasteiger partial charge in [0.1, 0.15) is 0 Å². The van der Waals surface area contributed by atoms with Gasteiger partial charge in [-0.15, -0.1) is 21.8 Å². The Kier molecular flexibility index (Phi) is 5.30. The first-order chi connectivity index (χ1) is 9.76. The molecule has 1 aromatic heterocycles. The second-order valence-corrected chi connectivity index (χ2v) is 4.87. The van der Waals surface area contributed by atoms with Crippen LogP contribution in [0, 0.1) is 0 Å². The predicted octanol–water partition coefficient (Wildman–Crippen LogP) is 3.52. The van der Waals surface area contributed by atoms with Crippen LogP contribution in [0.3, 0.4) is 0 Å². The van der Waals surface area contributed by atoms with Crippen LogP contribution in [0.2, 0.25) is 0 Å². The Morgan fingerprint density at radius 3 is 2.30 bits per heavy atom. The lowest BCUT2D eigenvalue weighted by Gasteiger charge is -2.08. The number of aromatic nitrogens is 3. The molecule has 0 atom stereocenters. The van der Waals surface area contributed by atoms with Gasteiger partial charge < -0.3 is 5.32 Å². The van der Waals surface area contributed by atoms with Crippen LogP contribution in [0.4, 0.5) is 11.6 Å². The highest BCUT2D eigenvalue weighted by Gasteiger charge is 2.06. The zero-order valence-corrected chi connectivity index (χ0v) is 12.6. The standard InChI is InChI=1S/C15H19ClN4/c1-3-13-14(4-2)19-20-15(18-13)17-12-7-5-11(6-8-12)9-10-16/h5-8H,3-4,9-10H2,1-2H3,(H,17,18,20). The molecule has 0 fully saturated rings. The molecule has 0 bridgehead atoms. The van der Waals surface area contributed by atoms with Gasteiger partial charge in [0.2, 0.25) is 5.95 Å². The monoisotopic (exact) mass is 290 g/mol. The summed E-state index contributed by atoms with van der Waals surface area (Å²) in [4.78, 5) is 4.51. The Labute approximate surface area is 124 Å². The molecule has 0 aliphatic rings. The lowest BCUT2D eigenvalue weighted by atomic mass is 10.1. The molecule has 4 nitrogen and oxygen atoms in total. The molecule has 1 heterocycles. The number of alkyl halides is 1. The lowest BCUT2D eigenvalue weighted by molar-refractivity contribution is 0.829. The van der Waals surface area contributed by atoms with Crippen molar-refractivity contribution >= 4 is 23.2 Å². The number of hydrogen-bond donors (Lipinski definition) is 1. The molecule has 0 amide bonds. The molecule has 1 N–H and O–H groups in total. The summed E-state index contributed by atoms with van der Waals surface area (Å²) in [6.45, 7) is 4.14. The van der Waals surface area contributed by atoms with Gasteiger partial charge in [-0.2, -0.15) is 0 Å². The summed E-state index contributed by atoms with van der Waals surface area (Å²) in [5.41, 5.74) is 4.15. The van der Waals surface area contributed by atoms with E-state index in [1.807, 2.05) is 12.1 Å². The number of nitrogens with one attached hydrogen (secondary N) is 1. The van der Waals surface area contributed by atoms with E-state index >= 15 is 0 Å². The number of hydrogen-bond acceptors (Lipinski definition) is 4. The van der Waals surface area contributed by atoms with Crippen molar-refractivity contribution in [1.29, 1.82) is 0 Å². The van der Waals surface area contributed by atoms with E-state index in [2.05, 4.69) is 46.5 Å². The number of halogens is 1. The van der Waals surface area contributed by atoms with Crippen LogP contribution >= 0.6 is 11.6 Å². The van der Waals surface area contributed by atoms with Crippen LogP contribution in [0.1, 0.15) is 30.8 Å². The van der Waals surface area contributed by atoms with E-state index in [0.717, 1.165) is 36.3 Å². The van der Waals surface area contributed by atoms with Crippen molar-refractivity contribution in [2.75, 3.05) is 11.2 Å². The highest BCUT2D eigenvalue weighted by atomic mass is 35.5. The van der Waals surface area contributed by atoms with Crippen LogP contribution in [0.25, 0.3) is 0 Å². The lowest BCUT2D eigenvalue weighted by Crippen LogP contribution is -2.06. The molecule has 0 aliphatic carbocycles. The second-order valence-electron chi connectivity index (χ2n) is 4.50. The van der Waals surface area contributed by atoms with E-state index < -0.39 is 0 Å². The normalized spacial score (nSPS) is 10.6. The molecule has 0 saturated carbocycles.